The van der Waals surface area contributed by atoms with Crippen molar-refractivity contribution in [2.45, 2.75) is 32.4 Å². The van der Waals surface area contributed by atoms with Crippen molar-refractivity contribution in [3.63, 3.8) is 0 Å². The molecule has 1 rings (SSSR count). The topological polar surface area (TPSA) is 139 Å². The van der Waals surface area contributed by atoms with Crippen LogP contribution in [-0.4, -0.2) is 63.5 Å². The van der Waals surface area contributed by atoms with Crippen molar-refractivity contribution in [3.8, 4) is 0 Å². The van der Waals surface area contributed by atoms with Crippen LogP contribution in [0, 0.1) is 5.92 Å². The third-order valence-electron chi connectivity index (χ3n) is 3.56. The van der Waals surface area contributed by atoms with Gasteiger partial charge in [-0.2, -0.15) is 0 Å². The molecule has 1 aromatic carbocycles. The number of aliphatic hydroxyl groups is 1. The van der Waals surface area contributed by atoms with E-state index in [1.165, 1.54) is 5.48 Å². The van der Waals surface area contributed by atoms with Crippen molar-refractivity contribution >= 4 is 17.9 Å². The number of carbonyl (C=O) groups is 3. The fraction of sp³-hybridized carbons (Fsp3) is 0.471. The first-order valence-corrected chi connectivity index (χ1v) is 8.18. The van der Waals surface area contributed by atoms with Crippen molar-refractivity contribution in [1.82, 2.24) is 15.7 Å². The lowest BCUT2D eigenvalue weighted by atomic mass is 10.1. The largest absolute Gasteiger partial charge is 0.479 e. The molecule has 0 bridgehead atoms. The molecule has 0 fully saturated rings. The van der Waals surface area contributed by atoms with Gasteiger partial charge in [0.1, 0.15) is 6.04 Å². The van der Waals surface area contributed by atoms with E-state index in [2.05, 4.69) is 5.32 Å². The first-order valence-electron chi connectivity index (χ1n) is 8.18. The highest BCUT2D eigenvalue weighted by molar-refractivity contribution is 5.86. The minimum Gasteiger partial charge on any atom is -0.479 e. The summed E-state index contributed by atoms with van der Waals surface area (Å²) in [7, 11) is 0. The van der Waals surface area contributed by atoms with Crippen LogP contribution < -0.4 is 10.8 Å². The Balaban J connectivity index is 2.88. The van der Waals surface area contributed by atoms with E-state index in [0.29, 0.717) is 0 Å². The van der Waals surface area contributed by atoms with E-state index in [0.717, 1.165) is 10.5 Å². The molecule has 0 heterocycles. The highest BCUT2D eigenvalue weighted by Crippen LogP contribution is 2.06. The Bertz CT molecular complexity index is 608. The average Bonchev–Trinajstić information content (AvgIpc) is 2.60. The fourth-order valence-electron chi connectivity index (χ4n) is 2.35. The lowest BCUT2D eigenvalue weighted by Gasteiger charge is -2.28. The molecule has 9 heteroatoms. The number of urea groups is 1. The number of aliphatic carboxylic acids is 1. The summed E-state index contributed by atoms with van der Waals surface area (Å²) in [6.07, 6.45) is -1.60. The fourth-order valence-corrected chi connectivity index (χ4v) is 2.35. The van der Waals surface area contributed by atoms with Crippen molar-refractivity contribution in [1.29, 1.82) is 0 Å². The van der Waals surface area contributed by atoms with Crippen LogP contribution in [0.3, 0.4) is 0 Å². The second-order valence-electron chi connectivity index (χ2n) is 6.32. The smallest absolute Gasteiger partial charge is 0.334 e. The maximum absolute atomic E-state index is 12.5. The van der Waals surface area contributed by atoms with Crippen LogP contribution in [0.5, 0.6) is 0 Å². The number of amides is 3. The summed E-state index contributed by atoms with van der Waals surface area (Å²) in [5, 5.41) is 29.8. The van der Waals surface area contributed by atoms with Gasteiger partial charge >= 0.3 is 12.0 Å². The summed E-state index contributed by atoms with van der Waals surface area (Å²) in [6.45, 7) is 3.43. The molecule has 0 unspecified atom stereocenters. The molecule has 0 aromatic heterocycles. The number of nitrogens with one attached hydrogen (secondary N) is 2. The molecule has 26 heavy (non-hydrogen) atoms. The van der Waals surface area contributed by atoms with Gasteiger partial charge in [-0.05, 0) is 11.5 Å². The van der Waals surface area contributed by atoms with E-state index in [1.807, 2.05) is 13.8 Å². The summed E-state index contributed by atoms with van der Waals surface area (Å²) in [5.74, 6) is -2.23. The number of nitrogens with zero attached hydrogens (tertiary/aromatic N) is 1. The third kappa shape index (κ3) is 7.08. The van der Waals surface area contributed by atoms with Gasteiger partial charge in [-0.3, -0.25) is 10.0 Å². The zero-order chi connectivity index (χ0) is 19.7. The second-order valence-corrected chi connectivity index (χ2v) is 6.32. The van der Waals surface area contributed by atoms with Crippen molar-refractivity contribution in [3.05, 3.63) is 35.9 Å². The lowest BCUT2D eigenvalue weighted by Crippen LogP contribution is -2.54. The molecule has 5 N–H and O–H groups in total. The monoisotopic (exact) mass is 367 g/mol. The Morgan fingerprint density at radius 2 is 1.73 bits per heavy atom. The standard InChI is InChI=1S/C17H25N3O6/c1-11(2)9-20(10-14(21)16(23)24)17(25)18-13(15(22)19-26)8-12-6-4-3-5-7-12/h3-7,11,13-14,21,26H,8-10H2,1-2H3,(H,18,25)(H,19,22)(H,23,24)/t13-,14-/m0/s1. The van der Waals surface area contributed by atoms with Crippen LogP contribution in [0.25, 0.3) is 0 Å². The Hall–Kier alpha value is -2.65. The minimum absolute atomic E-state index is 0.0148. The average molecular weight is 367 g/mol. The minimum atomic E-state index is -1.74. The molecule has 0 spiro atoms. The predicted molar refractivity (Wildman–Crippen MR) is 92.4 cm³/mol. The van der Waals surface area contributed by atoms with Crippen molar-refractivity contribution in [2.75, 3.05) is 13.1 Å². The Labute approximate surface area is 151 Å². The van der Waals surface area contributed by atoms with Gasteiger partial charge in [0.05, 0.1) is 6.54 Å². The van der Waals surface area contributed by atoms with E-state index in [4.69, 9.17) is 10.3 Å². The molecular formula is C17H25N3O6. The first kappa shape index (κ1) is 21.4. The van der Waals surface area contributed by atoms with Crippen molar-refractivity contribution < 1.29 is 29.8 Å². The summed E-state index contributed by atoms with van der Waals surface area (Å²) in [6, 6.07) is 7.13. The second kappa shape index (κ2) is 10.4. The molecule has 0 saturated carbocycles. The quantitative estimate of drug-likeness (QED) is 0.312. The molecule has 0 radical (unpaired) electrons. The molecule has 9 nitrogen and oxygen atoms in total. The van der Waals surface area contributed by atoms with E-state index in [9.17, 15) is 19.5 Å². The van der Waals surface area contributed by atoms with Gasteiger partial charge in [-0.15, -0.1) is 0 Å². The number of carbonyl (C=O) groups excluding carboxylic acids is 2. The lowest BCUT2D eigenvalue weighted by molar-refractivity contribution is -0.147. The van der Waals surface area contributed by atoms with Gasteiger partial charge in [0, 0.05) is 13.0 Å². The van der Waals surface area contributed by atoms with Crippen LogP contribution in [0.1, 0.15) is 19.4 Å². The normalized spacial score (nSPS) is 13.0. The number of hydrogen-bond donors (Lipinski definition) is 5. The number of rotatable bonds is 9. The SMILES string of the molecule is CC(C)CN(C[C@H](O)C(=O)O)C(=O)N[C@@H](Cc1ccccc1)C(=O)NO. The first-order chi connectivity index (χ1) is 12.2. The van der Waals surface area contributed by atoms with Crippen molar-refractivity contribution in [2.24, 2.45) is 5.92 Å². The van der Waals surface area contributed by atoms with E-state index >= 15 is 0 Å². The maximum atomic E-state index is 12.5. The zero-order valence-electron chi connectivity index (χ0n) is 14.8. The highest BCUT2D eigenvalue weighted by Gasteiger charge is 2.27. The van der Waals surface area contributed by atoms with Gasteiger partial charge in [0.15, 0.2) is 6.10 Å². The number of hydroxylamine groups is 1. The van der Waals surface area contributed by atoms with Gasteiger partial charge in [0.25, 0.3) is 5.91 Å². The summed E-state index contributed by atoms with van der Waals surface area (Å²) in [4.78, 5) is 36.4. The van der Waals surface area contributed by atoms with E-state index < -0.39 is 36.6 Å². The van der Waals surface area contributed by atoms with Gasteiger partial charge in [0.2, 0.25) is 0 Å². The zero-order valence-corrected chi connectivity index (χ0v) is 14.8. The Morgan fingerprint density at radius 1 is 1.12 bits per heavy atom. The van der Waals surface area contributed by atoms with Gasteiger partial charge < -0.3 is 20.4 Å². The molecule has 3 amide bonds. The van der Waals surface area contributed by atoms with E-state index in [-0.39, 0.29) is 18.9 Å². The van der Waals surface area contributed by atoms with Crippen LogP contribution in [0.15, 0.2) is 30.3 Å². The van der Waals surface area contributed by atoms with E-state index in [1.54, 1.807) is 30.3 Å². The Morgan fingerprint density at radius 3 is 2.23 bits per heavy atom. The summed E-state index contributed by atoms with van der Waals surface area (Å²) < 4.78 is 0. The van der Waals surface area contributed by atoms with Crippen LogP contribution in [-0.2, 0) is 16.0 Å². The molecule has 0 aliphatic heterocycles. The molecule has 2 atom stereocenters. The molecular weight excluding hydrogens is 342 g/mol. The highest BCUT2D eigenvalue weighted by atomic mass is 16.5. The predicted octanol–water partition coefficient (Wildman–Crippen LogP) is 0.216. The molecule has 0 saturated heterocycles. The molecule has 144 valence electrons. The van der Waals surface area contributed by atoms with Gasteiger partial charge in [-0.25, -0.2) is 15.1 Å². The third-order valence-corrected chi connectivity index (χ3v) is 3.56. The number of benzene rings is 1. The number of hydrogen-bond acceptors (Lipinski definition) is 5. The maximum Gasteiger partial charge on any atom is 0.334 e. The van der Waals surface area contributed by atoms with Crippen LogP contribution in [0.2, 0.25) is 0 Å². The number of aliphatic hydroxyl groups excluding tert-OH is 1. The molecule has 1 aromatic rings. The number of carboxylic acids is 1. The summed E-state index contributed by atoms with van der Waals surface area (Å²) in [5.41, 5.74) is 2.28. The number of carboxylic acid groups (broad SMARTS) is 1. The Kier molecular flexibility index (Phi) is 8.53. The van der Waals surface area contributed by atoms with Crippen LogP contribution in [0.4, 0.5) is 4.79 Å². The van der Waals surface area contributed by atoms with Crippen LogP contribution >= 0.6 is 0 Å². The van der Waals surface area contributed by atoms with Gasteiger partial charge in [-0.1, -0.05) is 44.2 Å². The molecule has 0 aliphatic carbocycles. The molecule has 0 aliphatic rings. The summed E-state index contributed by atoms with van der Waals surface area (Å²) >= 11 is 0.